The molecule has 2 fully saturated rings. The number of benzene rings is 2. The minimum atomic E-state index is -5.08. The van der Waals surface area contributed by atoms with Crippen molar-refractivity contribution in [3.63, 3.8) is 0 Å². The summed E-state index contributed by atoms with van der Waals surface area (Å²) in [6.07, 6.45) is 5.76. The zero-order chi connectivity index (χ0) is 29.7. The highest BCUT2D eigenvalue weighted by Gasteiger charge is 2.38. The Morgan fingerprint density at radius 3 is 2.12 bits per heavy atom. The van der Waals surface area contributed by atoms with Gasteiger partial charge in [0.15, 0.2) is 0 Å². The number of urea groups is 1. The number of amides is 2. The molecule has 0 unspecified atom stereocenters. The fourth-order valence-electron chi connectivity index (χ4n) is 5.53. The molecule has 1 heterocycles. The number of alkyl halides is 3. The number of likely N-dealkylation sites (tertiary alicyclic amines) is 1. The normalized spacial score (nSPS) is 16.9. The second-order valence-corrected chi connectivity index (χ2v) is 11.3. The van der Waals surface area contributed by atoms with E-state index in [1.165, 1.54) is 68.3 Å². The minimum absolute atomic E-state index is 0.119. The fourth-order valence-corrected chi connectivity index (χ4v) is 5.53. The van der Waals surface area contributed by atoms with E-state index in [9.17, 15) is 18.0 Å². The monoisotopic (exact) mass is 575 g/mol. The van der Waals surface area contributed by atoms with Crippen molar-refractivity contribution in [1.29, 1.82) is 0 Å². The van der Waals surface area contributed by atoms with Crippen molar-refractivity contribution in [2.24, 2.45) is 5.92 Å². The number of carboxylic acids is 1. The lowest BCUT2D eigenvalue weighted by molar-refractivity contribution is -0.192. The van der Waals surface area contributed by atoms with Gasteiger partial charge in [-0.3, -0.25) is 0 Å². The van der Waals surface area contributed by atoms with Crippen LogP contribution < -0.4 is 5.32 Å². The molecular formula is C32H44F3N3O3. The Hall–Kier alpha value is -3.07. The molecule has 6 nitrogen and oxygen atoms in total. The van der Waals surface area contributed by atoms with Gasteiger partial charge in [-0.15, -0.1) is 0 Å². The van der Waals surface area contributed by atoms with Crippen LogP contribution in [0.25, 0.3) is 0 Å². The molecule has 2 aliphatic rings. The van der Waals surface area contributed by atoms with E-state index < -0.39 is 12.1 Å². The van der Waals surface area contributed by atoms with E-state index in [1.54, 1.807) is 0 Å². The molecule has 0 bridgehead atoms. The number of rotatable bonds is 9. The van der Waals surface area contributed by atoms with E-state index in [0.29, 0.717) is 12.6 Å². The topological polar surface area (TPSA) is 72.9 Å². The predicted octanol–water partition coefficient (Wildman–Crippen LogP) is 6.82. The molecule has 0 atom stereocenters. The molecule has 9 heteroatoms. The van der Waals surface area contributed by atoms with Gasteiger partial charge in [0.1, 0.15) is 0 Å². The standard InChI is InChI=1S/C30H43N3O.C2HF3O2/c1-25-13-15-28(16-14-25)24-33(30(34)31-29-11-6-3-7-12-29)20-8-19-32-21-17-27(18-22-32)23-26-9-4-2-5-10-26;3-2(4,5)1(6)7/h2,4-5,9-10,13-16,27,29H,3,6-8,11-12,17-24H2,1H3,(H,31,34);(H,6,7). The second-order valence-electron chi connectivity index (χ2n) is 11.3. The third-order valence-corrected chi connectivity index (χ3v) is 7.93. The number of nitrogens with zero attached hydrogens (tertiary/aromatic N) is 2. The first-order valence-corrected chi connectivity index (χ1v) is 14.8. The van der Waals surface area contributed by atoms with Crippen LogP contribution in [0.1, 0.15) is 68.1 Å². The number of carboxylic acid groups (broad SMARTS) is 1. The number of hydrogen-bond donors (Lipinski definition) is 2. The fraction of sp³-hybridized carbons (Fsp3) is 0.562. The van der Waals surface area contributed by atoms with E-state index >= 15 is 0 Å². The number of aliphatic carboxylic acids is 1. The Morgan fingerprint density at radius 2 is 1.54 bits per heavy atom. The molecule has 2 amide bonds. The van der Waals surface area contributed by atoms with Crippen molar-refractivity contribution < 1.29 is 27.9 Å². The summed E-state index contributed by atoms with van der Waals surface area (Å²) in [4.78, 5) is 26.7. The summed E-state index contributed by atoms with van der Waals surface area (Å²) in [6.45, 7) is 7.07. The lowest BCUT2D eigenvalue weighted by atomic mass is 9.90. The van der Waals surface area contributed by atoms with Crippen molar-refractivity contribution >= 4 is 12.0 Å². The molecule has 4 rings (SSSR count). The third kappa shape index (κ3) is 12.1. The number of hydrogen-bond acceptors (Lipinski definition) is 3. The zero-order valence-corrected chi connectivity index (χ0v) is 24.0. The molecular weight excluding hydrogens is 531 g/mol. The van der Waals surface area contributed by atoms with Crippen LogP contribution in [0, 0.1) is 12.8 Å². The number of carbonyl (C=O) groups is 2. The van der Waals surface area contributed by atoms with E-state index in [2.05, 4.69) is 71.7 Å². The molecule has 1 aliphatic heterocycles. The molecule has 2 aromatic rings. The van der Waals surface area contributed by atoms with Crippen LogP contribution in [0.2, 0.25) is 0 Å². The average Bonchev–Trinajstić information content (AvgIpc) is 2.95. The largest absolute Gasteiger partial charge is 0.490 e. The van der Waals surface area contributed by atoms with Crippen LogP contribution in [0.3, 0.4) is 0 Å². The molecule has 1 aliphatic carbocycles. The van der Waals surface area contributed by atoms with Gasteiger partial charge in [0.05, 0.1) is 0 Å². The van der Waals surface area contributed by atoms with Crippen molar-refractivity contribution in [3.05, 3.63) is 71.3 Å². The first-order chi connectivity index (χ1) is 19.6. The maximum Gasteiger partial charge on any atom is 0.490 e. The number of carbonyl (C=O) groups excluding carboxylic acids is 1. The van der Waals surface area contributed by atoms with Crippen molar-refractivity contribution in [2.75, 3.05) is 26.2 Å². The maximum absolute atomic E-state index is 13.2. The Balaban J connectivity index is 0.000000587. The zero-order valence-electron chi connectivity index (χ0n) is 24.0. The smallest absolute Gasteiger partial charge is 0.475 e. The van der Waals surface area contributed by atoms with Crippen molar-refractivity contribution in [3.8, 4) is 0 Å². The lowest BCUT2D eigenvalue weighted by Gasteiger charge is -2.33. The predicted molar refractivity (Wildman–Crippen MR) is 155 cm³/mol. The van der Waals surface area contributed by atoms with Gasteiger partial charge in [-0.25, -0.2) is 9.59 Å². The molecule has 0 spiro atoms. The Bertz CT molecular complexity index is 1050. The van der Waals surface area contributed by atoms with Gasteiger partial charge in [0.25, 0.3) is 0 Å². The first kappa shape index (κ1) is 32.4. The summed E-state index contributed by atoms with van der Waals surface area (Å²) in [6, 6.07) is 20.0. The molecule has 226 valence electrons. The van der Waals surface area contributed by atoms with Gasteiger partial charge >= 0.3 is 18.2 Å². The van der Waals surface area contributed by atoms with E-state index in [0.717, 1.165) is 38.3 Å². The molecule has 41 heavy (non-hydrogen) atoms. The maximum atomic E-state index is 13.2. The number of halogens is 3. The van der Waals surface area contributed by atoms with Gasteiger partial charge in [-0.05, 0) is 82.1 Å². The summed E-state index contributed by atoms with van der Waals surface area (Å²) in [5, 5.41) is 10.5. The number of aryl methyl sites for hydroxylation is 1. The Morgan fingerprint density at radius 1 is 0.927 bits per heavy atom. The summed E-state index contributed by atoms with van der Waals surface area (Å²) in [5.74, 6) is -1.95. The van der Waals surface area contributed by atoms with Crippen molar-refractivity contribution in [2.45, 2.75) is 83.5 Å². The summed E-state index contributed by atoms with van der Waals surface area (Å²) < 4.78 is 31.7. The molecule has 1 saturated carbocycles. The van der Waals surface area contributed by atoms with Crippen LogP contribution in [-0.4, -0.2) is 65.3 Å². The average molecular weight is 576 g/mol. The highest BCUT2D eigenvalue weighted by Crippen LogP contribution is 2.22. The van der Waals surface area contributed by atoms with Gasteiger partial charge in [-0.2, -0.15) is 13.2 Å². The quantitative estimate of drug-likeness (QED) is 0.344. The second kappa shape index (κ2) is 16.4. The van der Waals surface area contributed by atoms with Crippen molar-refractivity contribution in [1.82, 2.24) is 15.1 Å². The molecule has 1 saturated heterocycles. The molecule has 0 radical (unpaired) electrons. The Kier molecular flexibility index (Phi) is 13.0. The number of piperidine rings is 1. The molecule has 2 aromatic carbocycles. The highest BCUT2D eigenvalue weighted by atomic mass is 19.4. The van der Waals surface area contributed by atoms with Crippen LogP contribution in [-0.2, 0) is 17.8 Å². The van der Waals surface area contributed by atoms with Crippen LogP contribution in [0.4, 0.5) is 18.0 Å². The molecule has 2 N–H and O–H groups in total. The summed E-state index contributed by atoms with van der Waals surface area (Å²) in [7, 11) is 0. The van der Waals surface area contributed by atoms with Crippen LogP contribution in [0.5, 0.6) is 0 Å². The van der Waals surface area contributed by atoms with E-state index in [1.807, 2.05) is 4.90 Å². The Labute approximate surface area is 241 Å². The van der Waals surface area contributed by atoms with Gasteiger partial charge in [0, 0.05) is 19.1 Å². The van der Waals surface area contributed by atoms with Crippen LogP contribution >= 0.6 is 0 Å². The summed E-state index contributed by atoms with van der Waals surface area (Å²) >= 11 is 0. The SMILES string of the molecule is Cc1ccc(CN(CCCN2CCC(Cc3ccccc3)CC2)C(=O)NC2CCCCC2)cc1.O=C(O)C(F)(F)F. The first-order valence-electron chi connectivity index (χ1n) is 14.8. The third-order valence-electron chi connectivity index (χ3n) is 7.93. The van der Waals surface area contributed by atoms with Gasteiger partial charge in [0.2, 0.25) is 0 Å². The minimum Gasteiger partial charge on any atom is -0.475 e. The van der Waals surface area contributed by atoms with Gasteiger partial charge in [-0.1, -0.05) is 79.4 Å². The lowest BCUT2D eigenvalue weighted by Crippen LogP contribution is -2.46. The van der Waals surface area contributed by atoms with E-state index in [-0.39, 0.29) is 6.03 Å². The van der Waals surface area contributed by atoms with Crippen LogP contribution in [0.15, 0.2) is 54.6 Å². The summed E-state index contributed by atoms with van der Waals surface area (Å²) in [5.41, 5.74) is 3.94. The van der Waals surface area contributed by atoms with E-state index in [4.69, 9.17) is 9.90 Å². The molecule has 0 aromatic heterocycles. The van der Waals surface area contributed by atoms with Gasteiger partial charge < -0.3 is 20.2 Å². The number of nitrogens with one attached hydrogen (secondary N) is 1. The highest BCUT2D eigenvalue weighted by molar-refractivity contribution is 5.74.